The summed E-state index contributed by atoms with van der Waals surface area (Å²) in [5, 5.41) is 7.14. The number of methoxy groups -OCH3 is 2. The van der Waals surface area contributed by atoms with E-state index in [4.69, 9.17) is 9.47 Å². The number of hydrogen-bond donors (Lipinski definition) is 1. The Kier molecular flexibility index (Phi) is 5.22. The Hall–Kier alpha value is -3.28. The fraction of sp³-hybridized carbons (Fsp3) is 0.200. The first-order valence-electron chi connectivity index (χ1n) is 8.20. The molecule has 1 N–H and O–H groups in total. The molecule has 0 radical (unpaired) electrons. The van der Waals surface area contributed by atoms with Crippen molar-refractivity contribution in [2.24, 2.45) is 0 Å². The minimum atomic E-state index is -0.264. The number of nitrogens with one attached hydrogen (secondary N) is 1. The normalized spacial score (nSPS) is 10.4. The Morgan fingerprint density at radius 1 is 1.12 bits per heavy atom. The van der Waals surface area contributed by atoms with Crippen LogP contribution < -0.4 is 14.8 Å². The molecule has 0 fully saturated rings. The summed E-state index contributed by atoms with van der Waals surface area (Å²) < 4.78 is 12.2. The molecule has 0 aliphatic heterocycles. The number of carbonyl (C=O) groups excluding carboxylic acids is 1. The average molecular weight is 351 g/mol. The van der Waals surface area contributed by atoms with Gasteiger partial charge in [0.1, 0.15) is 11.5 Å². The molecule has 1 aromatic heterocycles. The number of benzene rings is 2. The molecule has 134 valence electrons. The highest BCUT2D eigenvalue weighted by Crippen LogP contribution is 2.25. The first-order chi connectivity index (χ1) is 12.6. The van der Waals surface area contributed by atoms with Gasteiger partial charge in [-0.2, -0.15) is 5.10 Å². The number of amides is 1. The first-order valence-corrected chi connectivity index (χ1v) is 8.20. The number of anilines is 1. The van der Waals surface area contributed by atoms with E-state index in [-0.39, 0.29) is 5.91 Å². The number of ether oxygens (including phenoxy) is 2. The van der Waals surface area contributed by atoms with E-state index in [0.717, 1.165) is 5.56 Å². The monoisotopic (exact) mass is 351 g/mol. The van der Waals surface area contributed by atoms with Crippen molar-refractivity contribution in [3.63, 3.8) is 0 Å². The van der Waals surface area contributed by atoms with E-state index in [0.29, 0.717) is 29.3 Å². The SMILES string of the molecule is COc1ccc(C(=O)Nc2cnn(Cc3ccc(C)cc3)c2)c(OC)c1. The molecule has 0 bridgehead atoms. The molecule has 3 aromatic rings. The van der Waals surface area contributed by atoms with Crippen molar-refractivity contribution >= 4 is 11.6 Å². The summed E-state index contributed by atoms with van der Waals surface area (Å²) in [5.74, 6) is 0.817. The smallest absolute Gasteiger partial charge is 0.259 e. The maximum atomic E-state index is 12.5. The lowest BCUT2D eigenvalue weighted by atomic mass is 10.1. The van der Waals surface area contributed by atoms with Gasteiger partial charge in [-0.1, -0.05) is 29.8 Å². The van der Waals surface area contributed by atoms with Crippen LogP contribution in [0.25, 0.3) is 0 Å². The van der Waals surface area contributed by atoms with Crippen LogP contribution >= 0.6 is 0 Å². The van der Waals surface area contributed by atoms with Crippen LogP contribution in [0.1, 0.15) is 21.5 Å². The van der Waals surface area contributed by atoms with E-state index in [2.05, 4.69) is 41.6 Å². The van der Waals surface area contributed by atoms with Crippen LogP contribution in [0.2, 0.25) is 0 Å². The molecule has 26 heavy (non-hydrogen) atoms. The lowest BCUT2D eigenvalue weighted by Crippen LogP contribution is -2.13. The fourth-order valence-electron chi connectivity index (χ4n) is 2.58. The predicted octanol–water partition coefficient (Wildman–Crippen LogP) is 3.51. The van der Waals surface area contributed by atoms with E-state index in [1.54, 1.807) is 42.4 Å². The van der Waals surface area contributed by atoms with E-state index in [1.165, 1.54) is 12.7 Å². The van der Waals surface area contributed by atoms with Crippen LogP contribution in [-0.2, 0) is 6.54 Å². The zero-order valence-corrected chi connectivity index (χ0v) is 15.0. The van der Waals surface area contributed by atoms with Crippen LogP contribution in [-0.4, -0.2) is 29.9 Å². The molecular weight excluding hydrogens is 330 g/mol. The quantitative estimate of drug-likeness (QED) is 0.738. The first kappa shape index (κ1) is 17.5. The van der Waals surface area contributed by atoms with E-state index < -0.39 is 0 Å². The summed E-state index contributed by atoms with van der Waals surface area (Å²) >= 11 is 0. The molecule has 0 aliphatic carbocycles. The third-order valence-electron chi connectivity index (χ3n) is 4.01. The molecule has 2 aromatic carbocycles. The predicted molar refractivity (Wildman–Crippen MR) is 100 cm³/mol. The standard InChI is InChI=1S/C20H21N3O3/c1-14-4-6-15(7-5-14)12-23-13-16(11-21-23)22-20(24)18-9-8-17(25-2)10-19(18)26-3/h4-11,13H,12H2,1-3H3,(H,22,24). The van der Waals surface area contributed by atoms with Crippen LogP contribution in [0.5, 0.6) is 11.5 Å². The second kappa shape index (κ2) is 7.74. The Labute approximate surface area is 152 Å². The third kappa shape index (κ3) is 4.03. The van der Waals surface area contributed by atoms with Crippen molar-refractivity contribution in [2.75, 3.05) is 19.5 Å². The topological polar surface area (TPSA) is 65.4 Å². The van der Waals surface area contributed by atoms with Gasteiger partial charge in [0.05, 0.1) is 38.2 Å². The van der Waals surface area contributed by atoms with Crippen molar-refractivity contribution in [3.8, 4) is 11.5 Å². The molecule has 1 amide bonds. The second-order valence-corrected chi connectivity index (χ2v) is 5.93. The van der Waals surface area contributed by atoms with Gasteiger partial charge in [0.25, 0.3) is 5.91 Å². The van der Waals surface area contributed by atoms with Crippen molar-refractivity contribution < 1.29 is 14.3 Å². The highest BCUT2D eigenvalue weighted by atomic mass is 16.5. The molecule has 0 unspecified atom stereocenters. The van der Waals surface area contributed by atoms with Crippen LogP contribution in [0.15, 0.2) is 54.9 Å². The lowest BCUT2D eigenvalue weighted by molar-refractivity contribution is 0.102. The Bertz CT molecular complexity index is 901. The minimum absolute atomic E-state index is 0.264. The summed E-state index contributed by atoms with van der Waals surface area (Å²) in [6.45, 7) is 2.70. The highest BCUT2D eigenvalue weighted by Gasteiger charge is 2.14. The van der Waals surface area contributed by atoms with Crippen LogP contribution in [0.3, 0.4) is 0 Å². The summed E-state index contributed by atoms with van der Waals surface area (Å²) in [6, 6.07) is 13.3. The molecule has 6 nitrogen and oxygen atoms in total. The van der Waals surface area contributed by atoms with Gasteiger partial charge in [-0.05, 0) is 24.6 Å². The summed E-state index contributed by atoms with van der Waals surface area (Å²) in [4.78, 5) is 12.5. The van der Waals surface area contributed by atoms with Gasteiger partial charge >= 0.3 is 0 Å². The molecule has 0 atom stereocenters. The lowest BCUT2D eigenvalue weighted by Gasteiger charge is -2.10. The van der Waals surface area contributed by atoms with Crippen molar-refractivity contribution in [1.82, 2.24) is 9.78 Å². The zero-order chi connectivity index (χ0) is 18.5. The van der Waals surface area contributed by atoms with E-state index in [1.807, 2.05) is 0 Å². The van der Waals surface area contributed by atoms with Gasteiger partial charge in [0.15, 0.2) is 0 Å². The van der Waals surface area contributed by atoms with Crippen molar-refractivity contribution in [2.45, 2.75) is 13.5 Å². The zero-order valence-electron chi connectivity index (χ0n) is 15.0. The molecule has 0 saturated carbocycles. The number of aromatic nitrogens is 2. The number of hydrogen-bond acceptors (Lipinski definition) is 4. The van der Waals surface area contributed by atoms with Crippen molar-refractivity contribution in [3.05, 3.63) is 71.5 Å². The Morgan fingerprint density at radius 3 is 2.58 bits per heavy atom. The van der Waals surface area contributed by atoms with Gasteiger partial charge in [-0.15, -0.1) is 0 Å². The molecule has 0 aliphatic rings. The van der Waals surface area contributed by atoms with Crippen LogP contribution in [0, 0.1) is 6.92 Å². The molecule has 6 heteroatoms. The Morgan fingerprint density at radius 2 is 1.88 bits per heavy atom. The summed E-state index contributed by atoms with van der Waals surface area (Å²) in [5.41, 5.74) is 3.42. The minimum Gasteiger partial charge on any atom is -0.497 e. The largest absolute Gasteiger partial charge is 0.497 e. The molecule has 1 heterocycles. The summed E-state index contributed by atoms with van der Waals surface area (Å²) in [6.07, 6.45) is 3.43. The molecule has 0 saturated heterocycles. The molecule has 0 spiro atoms. The van der Waals surface area contributed by atoms with Gasteiger partial charge in [0.2, 0.25) is 0 Å². The van der Waals surface area contributed by atoms with E-state index in [9.17, 15) is 4.79 Å². The van der Waals surface area contributed by atoms with E-state index >= 15 is 0 Å². The highest BCUT2D eigenvalue weighted by molar-refractivity contribution is 6.06. The number of rotatable bonds is 6. The number of carbonyl (C=O) groups is 1. The summed E-state index contributed by atoms with van der Waals surface area (Å²) in [7, 11) is 3.09. The van der Waals surface area contributed by atoms with Crippen LogP contribution in [0.4, 0.5) is 5.69 Å². The fourth-order valence-corrected chi connectivity index (χ4v) is 2.58. The third-order valence-corrected chi connectivity index (χ3v) is 4.01. The van der Waals surface area contributed by atoms with Gasteiger partial charge in [0, 0.05) is 12.3 Å². The maximum Gasteiger partial charge on any atom is 0.259 e. The van der Waals surface area contributed by atoms with Crippen molar-refractivity contribution in [1.29, 1.82) is 0 Å². The maximum absolute atomic E-state index is 12.5. The van der Waals surface area contributed by atoms with Gasteiger partial charge < -0.3 is 14.8 Å². The number of aryl methyl sites for hydroxylation is 1. The average Bonchev–Trinajstić information content (AvgIpc) is 3.09. The molecule has 3 rings (SSSR count). The second-order valence-electron chi connectivity index (χ2n) is 5.93. The van der Waals surface area contributed by atoms with Gasteiger partial charge in [-0.3, -0.25) is 9.48 Å². The van der Waals surface area contributed by atoms with Gasteiger partial charge in [-0.25, -0.2) is 0 Å². The molecular formula is C20H21N3O3. The Balaban J connectivity index is 1.70. The number of nitrogens with zero attached hydrogens (tertiary/aromatic N) is 2.